The van der Waals surface area contributed by atoms with Gasteiger partial charge in [0.05, 0.1) is 5.01 Å². The zero-order valence-corrected chi connectivity index (χ0v) is 13.5. The van der Waals surface area contributed by atoms with Crippen molar-refractivity contribution in [2.24, 2.45) is 5.92 Å². The SMILES string of the molecule is CC1CCC(NC(=O)c2csc(C(C)C)n2)(C(=O)O)CC1. The van der Waals surface area contributed by atoms with E-state index in [0.717, 1.165) is 17.8 Å². The molecule has 0 spiro atoms. The number of nitrogens with one attached hydrogen (secondary N) is 1. The van der Waals surface area contributed by atoms with Crippen molar-refractivity contribution < 1.29 is 14.7 Å². The Morgan fingerprint density at radius 1 is 1.43 bits per heavy atom. The minimum absolute atomic E-state index is 0.264. The quantitative estimate of drug-likeness (QED) is 0.896. The molecule has 6 heteroatoms. The van der Waals surface area contributed by atoms with Crippen molar-refractivity contribution in [3.8, 4) is 0 Å². The minimum atomic E-state index is -1.13. The van der Waals surface area contributed by atoms with Crippen molar-refractivity contribution in [1.82, 2.24) is 10.3 Å². The Balaban J connectivity index is 2.13. The molecule has 0 aromatic carbocycles. The van der Waals surface area contributed by atoms with Crippen LogP contribution in [0.5, 0.6) is 0 Å². The first-order valence-corrected chi connectivity index (χ1v) is 8.23. The molecule has 116 valence electrons. The summed E-state index contributed by atoms with van der Waals surface area (Å²) in [5.41, 5.74) is -0.812. The van der Waals surface area contributed by atoms with Crippen LogP contribution in [0.3, 0.4) is 0 Å². The Hall–Kier alpha value is -1.43. The van der Waals surface area contributed by atoms with E-state index in [0.29, 0.717) is 24.5 Å². The number of rotatable bonds is 4. The van der Waals surface area contributed by atoms with Crippen molar-refractivity contribution in [2.45, 2.75) is 57.9 Å². The third-order valence-electron chi connectivity index (χ3n) is 4.14. The fourth-order valence-corrected chi connectivity index (χ4v) is 3.40. The van der Waals surface area contributed by atoms with Crippen LogP contribution < -0.4 is 5.32 Å². The minimum Gasteiger partial charge on any atom is -0.480 e. The number of aromatic nitrogens is 1. The van der Waals surface area contributed by atoms with Gasteiger partial charge in [-0.1, -0.05) is 20.8 Å². The number of amides is 1. The summed E-state index contributed by atoms with van der Waals surface area (Å²) in [4.78, 5) is 28.2. The molecule has 0 saturated heterocycles. The van der Waals surface area contributed by atoms with Crippen molar-refractivity contribution in [1.29, 1.82) is 0 Å². The number of carboxylic acids is 1. The van der Waals surface area contributed by atoms with Crippen LogP contribution in [0.2, 0.25) is 0 Å². The Labute approximate surface area is 128 Å². The van der Waals surface area contributed by atoms with E-state index in [1.54, 1.807) is 5.38 Å². The van der Waals surface area contributed by atoms with Gasteiger partial charge in [0.15, 0.2) is 0 Å². The first-order chi connectivity index (χ1) is 9.84. The van der Waals surface area contributed by atoms with Gasteiger partial charge in [0.25, 0.3) is 5.91 Å². The maximum absolute atomic E-state index is 12.3. The molecule has 2 rings (SSSR count). The topological polar surface area (TPSA) is 79.3 Å². The molecule has 1 aromatic rings. The zero-order chi connectivity index (χ0) is 15.6. The molecule has 5 nitrogen and oxygen atoms in total. The van der Waals surface area contributed by atoms with Gasteiger partial charge in [0.1, 0.15) is 11.2 Å². The van der Waals surface area contributed by atoms with Crippen LogP contribution in [0.25, 0.3) is 0 Å². The number of hydrogen-bond donors (Lipinski definition) is 2. The number of carbonyl (C=O) groups is 2. The molecular formula is C15H22N2O3S. The van der Waals surface area contributed by atoms with Gasteiger partial charge in [-0.15, -0.1) is 11.3 Å². The van der Waals surface area contributed by atoms with E-state index in [9.17, 15) is 14.7 Å². The van der Waals surface area contributed by atoms with Gasteiger partial charge in [-0.05, 0) is 31.6 Å². The molecule has 1 amide bonds. The van der Waals surface area contributed by atoms with E-state index < -0.39 is 11.5 Å². The summed E-state index contributed by atoms with van der Waals surface area (Å²) in [6.07, 6.45) is 2.61. The standard InChI is InChI=1S/C15H22N2O3S/c1-9(2)13-16-11(8-21-13)12(18)17-15(14(19)20)6-4-10(3)5-7-15/h8-10H,4-7H2,1-3H3,(H,17,18)(H,19,20). The van der Waals surface area contributed by atoms with Crippen LogP contribution in [0.15, 0.2) is 5.38 Å². The summed E-state index contributed by atoms with van der Waals surface area (Å²) in [6, 6.07) is 0. The number of carboxylic acid groups (broad SMARTS) is 1. The summed E-state index contributed by atoms with van der Waals surface area (Å²) in [6.45, 7) is 6.15. The number of carbonyl (C=O) groups excluding carboxylic acids is 1. The van der Waals surface area contributed by atoms with Gasteiger partial charge in [0.2, 0.25) is 0 Å². The van der Waals surface area contributed by atoms with Crippen LogP contribution in [0.4, 0.5) is 0 Å². The summed E-state index contributed by atoms with van der Waals surface area (Å²) in [5, 5.41) is 14.8. The highest BCUT2D eigenvalue weighted by Crippen LogP contribution is 2.32. The van der Waals surface area contributed by atoms with E-state index >= 15 is 0 Å². The third-order valence-corrected chi connectivity index (χ3v) is 5.28. The Bertz CT molecular complexity index is 531. The van der Waals surface area contributed by atoms with E-state index in [4.69, 9.17) is 0 Å². The average Bonchev–Trinajstić information content (AvgIpc) is 2.91. The van der Waals surface area contributed by atoms with E-state index in [-0.39, 0.29) is 11.8 Å². The van der Waals surface area contributed by atoms with Gasteiger partial charge in [0, 0.05) is 11.3 Å². The molecule has 0 unspecified atom stereocenters. The molecule has 1 aliphatic rings. The van der Waals surface area contributed by atoms with E-state index in [2.05, 4.69) is 17.2 Å². The van der Waals surface area contributed by atoms with Crippen molar-refractivity contribution in [2.75, 3.05) is 0 Å². The first kappa shape index (κ1) is 15.9. The summed E-state index contributed by atoms with van der Waals surface area (Å²) in [5.74, 6) is -0.543. The predicted octanol–water partition coefficient (Wildman–Crippen LogP) is 3.03. The molecule has 21 heavy (non-hydrogen) atoms. The molecule has 1 heterocycles. The van der Waals surface area contributed by atoms with Crippen LogP contribution in [-0.4, -0.2) is 27.5 Å². The van der Waals surface area contributed by atoms with Gasteiger partial charge in [-0.3, -0.25) is 4.79 Å². The van der Waals surface area contributed by atoms with Crippen molar-refractivity contribution in [3.05, 3.63) is 16.1 Å². The Morgan fingerprint density at radius 2 is 2.05 bits per heavy atom. The second-order valence-corrected chi connectivity index (χ2v) is 7.14. The molecule has 1 aliphatic carbocycles. The van der Waals surface area contributed by atoms with Crippen LogP contribution in [0.1, 0.15) is 67.9 Å². The highest BCUT2D eigenvalue weighted by Gasteiger charge is 2.42. The molecule has 0 bridgehead atoms. The highest BCUT2D eigenvalue weighted by molar-refractivity contribution is 7.09. The van der Waals surface area contributed by atoms with Gasteiger partial charge >= 0.3 is 5.97 Å². The molecule has 0 radical (unpaired) electrons. The lowest BCUT2D eigenvalue weighted by molar-refractivity contribution is -0.146. The van der Waals surface area contributed by atoms with Gasteiger partial charge in [-0.25, -0.2) is 9.78 Å². The lowest BCUT2D eigenvalue weighted by Gasteiger charge is -2.36. The molecule has 2 N–H and O–H groups in total. The maximum Gasteiger partial charge on any atom is 0.329 e. The summed E-state index contributed by atoms with van der Waals surface area (Å²) < 4.78 is 0. The lowest BCUT2D eigenvalue weighted by Crippen LogP contribution is -2.56. The van der Waals surface area contributed by atoms with Crippen molar-refractivity contribution >= 4 is 23.2 Å². The molecule has 0 aliphatic heterocycles. The molecular weight excluding hydrogens is 288 g/mol. The van der Waals surface area contributed by atoms with Crippen LogP contribution in [0, 0.1) is 5.92 Å². The zero-order valence-electron chi connectivity index (χ0n) is 12.7. The number of thiazole rings is 1. The third kappa shape index (κ3) is 3.43. The second-order valence-electron chi connectivity index (χ2n) is 6.25. The largest absolute Gasteiger partial charge is 0.480 e. The lowest BCUT2D eigenvalue weighted by atomic mass is 9.77. The summed E-state index contributed by atoms with van der Waals surface area (Å²) in [7, 11) is 0. The van der Waals surface area contributed by atoms with Crippen LogP contribution in [-0.2, 0) is 4.79 Å². The monoisotopic (exact) mass is 310 g/mol. The van der Waals surface area contributed by atoms with Crippen LogP contribution >= 0.6 is 11.3 Å². The number of hydrogen-bond acceptors (Lipinski definition) is 4. The average molecular weight is 310 g/mol. The van der Waals surface area contributed by atoms with Crippen molar-refractivity contribution in [3.63, 3.8) is 0 Å². The molecule has 0 atom stereocenters. The predicted molar refractivity (Wildman–Crippen MR) is 81.7 cm³/mol. The second kappa shape index (κ2) is 6.13. The van der Waals surface area contributed by atoms with Gasteiger partial charge < -0.3 is 10.4 Å². The normalized spacial score (nSPS) is 25.8. The molecule has 1 fully saturated rings. The number of nitrogens with zero attached hydrogens (tertiary/aromatic N) is 1. The van der Waals surface area contributed by atoms with Gasteiger partial charge in [-0.2, -0.15) is 0 Å². The highest BCUT2D eigenvalue weighted by atomic mass is 32.1. The van der Waals surface area contributed by atoms with E-state index in [1.807, 2.05) is 13.8 Å². The Kier molecular flexibility index (Phi) is 4.66. The smallest absolute Gasteiger partial charge is 0.329 e. The first-order valence-electron chi connectivity index (χ1n) is 7.35. The molecule has 1 saturated carbocycles. The Morgan fingerprint density at radius 3 is 2.52 bits per heavy atom. The maximum atomic E-state index is 12.3. The fourth-order valence-electron chi connectivity index (χ4n) is 2.59. The fraction of sp³-hybridized carbons (Fsp3) is 0.667. The van der Waals surface area contributed by atoms with E-state index in [1.165, 1.54) is 11.3 Å². The summed E-state index contributed by atoms with van der Waals surface area (Å²) >= 11 is 1.44. The molecule has 1 aromatic heterocycles. The number of aliphatic carboxylic acids is 1.